The summed E-state index contributed by atoms with van der Waals surface area (Å²) in [5, 5.41) is 26.1. The third-order valence-electron chi connectivity index (χ3n) is 14.6. The Balaban J connectivity index is 1.45. The third-order valence-corrected chi connectivity index (χ3v) is 22.8. The van der Waals surface area contributed by atoms with E-state index in [1.54, 1.807) is 24.3 Å². The van der Waals surface area contributed by atoms with E-state index in [9.17, 15) is 34.0 Å². The molecule has 5 aromatic carbocycles. The molecule has 0 bridgehead atoms. The highest BCUT2D eigenvalue weighted by atomic mass is 32.2. The van der Waals surface area contributed by atoms with Gasteiger partial charge in [0.15, 0.2) is 15.6 Å². The zero-order valence-electron chi connectivity index (χ0n) is 43.8. The Morgan fingerprint density at radius 1 is 0.824 bits per heavy atom. The molecule has 1 aliphatic carbocycles. The molecular formula is C58H70N4O10SSi. The molecule has 1 unspecified atom stereocenters. The average molecular weight is 1040 g/mol. The number of phenols is 1. The molecule has 1 fully saturated rings. The summed E-state index contributed by atoms with van der Waals surface area (Å²) in [4.78, 5) is 28.6. The zero-order valence-corrected chi connectivity index (χ0v) is 45.6. The maximum absolute atomic E-state index is 14.8. The zero-order chi connectivity index (χ0) is 53.8. The Morgan fingerprint density at radius 2 is 1.32 bits per heavy atom. The van der Waals surface area contributed by atoms with Gasteiger partial charge in [-0.15, -0.1) is 0 Å². The molecule has 16 heteroatoms. The van der Waals surface area contributed by atoms with Gasteiger partial charge in [0, 0.05) is 22.8 Å². The maximum Gasteiger partial charge on any atom is 0.318 e. The van der Waals surface area contributed by atoms with Gasteiger partial charge >= 0.3 is 11.7 Å². The highest BCUT2D eigenvalue weighted by Gasteiger charge is 2.53. The van der Waals surface area contributed by atoms with Gasteiger partial charge in [0.05, 0.1) is 41.0 Å². The fraction of sp³-hybridized carbons (Fsp3) is 0.397. The van der Waals surface area contributed by atoms with E-state index in [1.165, 1.54) is 25.3 Å². The molecular weight excluding hydrogens is 973 g/mol. The fourth-order valence-electron chi connectivity index (χ4n) is 10.6. The number of methoxy groups -OCH3 is 1. The molecule has 0 radical (unpaired) electrons. The standard InChI is InChI=1S/C58H70N4O10SSi/c1-40(2)74(41(3)4,42(5)6)72-55(43(7)33-34-53(73(67,68)49-30-20-13-21-31-49)50-38-48(69-9)39-51(54(50)63)62(65)66)44(8)52(71-56(64)57(35-36-57)60-61-59)32-22-23-37-70-58(45-24-14-10-15-25-45,46-26-16-11-17-27-46)47-28-18-12-19-29-47/h10-31,33,38-42,44,52-53,55,63H,32,34-37H2,1-9H3/b23-22+,43-33-/t44-,52-,53?,55-/m0/s1. The Morgan fingerprint density at radius 3 is 1.77 bits per heavy atom. The van der Waals surface area contributed by atoms with Crippen LogP contribution in [-0.2, 0) is 34.1 Å². The van der Waals surface area contributed by atoms with E-state index in [2.05, 4.69) is 51.6 Å². The Kier molecular flexibility index (Phi) is 18.9. The van der Waals surface area contributed by atoms with Crippen molar-refractivity contribution in [3.05, 3.63) is 200 Å². The second kappa shape index (κ2) is 24.7. The first-order valence-corrected chi connectivity index (χ1v) is 28.9. The number of nitrogens with zero attached hydrogens (tertiary/aromatic N) is 4. The van der Waals surface area contributed by atoms with Crippen molar-refractivity contribution in [1.29, 1.82) is 0 Å². The summed E-state index contributed by atoms with van der Waals surface area (Å²) >= 11 is 0. The summed E-state index contributed by atoms with van der Waals surface area (Å²) in [6.07, 6.45) is 4.62. The topological polar surface area (TPSA) is 200 Å². The Bertz CT molecular complexity index is 2790. The lowest BCUT2D eigenvalue weighted by atomic mass is 9.80. The van der Waals surface area contributed by atoms with Crippen LogP contribution >= 0.6 is 0 Å². The monoisotopic (exact) mass is 1040 g/mol. The number of sulfone groups is 1. The van der Waals surface area contributed by atoms with E-state index in [0.717, 1.165) is 22.8 Å². The van der Waals surface area contributed by atoms with Crippen molar-refractivity contribution in [1.82, 2.24) is 0 Å². The molecule has 0 heterocycles. The van der Waals surface area contributed by atoms with Gasteiger partial charge < -0.3 is 23.7 Å². The molecule has 5 aromatic rings. The number of rotatable bonds is 26. The van der Waals surface area contributed by atoms with Gasteiger partial charge in [0.25, 0.3) is 0 Å². The van der Waals surface area contributed by atoms with Crippen molar-refractivity contribution in [3.63, 3.8) is 0 Å². The Hall–Kier alpha value is -6.55. The number of nitro benzene ring substituents is 1. The van der Waals surface area contributed by atoms with Crippen LogP contribution in [0.1, 0.15) is 109 Å². The predicted octanol–water partition coefficient (Wildman–Crippen LogP) is 14.1. The van der Waals surface area contributed by atoms with Gasteiger partial charge in [-0.25, -0.2) is 8.42 Å². The van der Waals surface area contributed by atoms with Crippen molar-refractivity contribution in [3.8, 4) is 11.5 Å². The summed E-state index contributed by atoms with van der Waals surface area (Å²) < 4.78 is 56.0. The van der Waals surface area contributed by atoms with Gasteiger partial charge in [-0.3, -0.25) is 14.9 Å². The van der Waals surface area contributed by atoms with Crippen molar-refractivity contribution >= 4 is 29.8 Å². The minimum atomic E-state index is -4.33. The van der Waals surface area contributed by atoms with Gasteiger partial charge in [0.1, 0.15) is 23.0 Å². The molecule has 0 saturated heterocycles. The van der Waals surface area contributed by atoms with E-state index < -0.39 is 75.0 Å². The van der Waals surface area contributed by atoms with Gasteiger partial charge in [-0.2, -0.15) is 0 Å². The minimum Gasteiger partial charge on any atom is -0.502 e. The fourth-order valence-corrected chi connectivity index (χ4v) is 18.0. The van der Waals surface area contributed by atoms with E-state index in [0.29, 0.717) is 18.4 Å². The molecule has 1 aliphatic rings. The summed E-state index contributed by atoms with van der Waals surface area (Å²) in [5.41, 5.74) is 10.1. The molecule has 6 rings (SSSR count). The number of hydrogen-bond acceptors (Lipinski definition) is 11. The Labute approximate surface area is 437 Å². The summed E-state index contributed by atoms with van der Waals surface area (Å²) in [6, 6.07) is 40.2. The average Bonchev–Trinajstić information content (AvgIpc) is 4.19. The molecule has 4 atom stereocenters. The normalized spacial score (nSPS) is 15.6. The molecule has 1 N–H and O–H groups in total. The number of ether oxygens (including phenoxy) is 3. The highest BCUT2D eigenvalue weighted by Crippen LogP contribution is 2.48. The van der Waals surface area contributed by atoms with Crippen molar-refractivity contribution in [2.75, 3.05) is 13.7 Å². The molecule has 0 aliphatic heterocycles. The van der Waals surface area contributed by atoms with Crippen molar-refractivity contribution in [2.24, 2.45) is 11.0 Å². The molecule has 392 valence electrons. The van der Waals surface area contributed by atoms with Crippen LogP contribution in [0.15, 0.2) is 167 Å². The van der Waals surface area contributed by atoms with E-state index in [1.807, 2.05) is 117 Å². The molecule has 1 saturated carbocycles. The van der Waals surface area contributed by atoms with E-state index in [4.69, 9.17) is 18.6 Å². The highest BCUT2D eigenvalue weighted by molar-refractivity contribution is 7.91. The summed E-state index contributed by atoms with van der Waals surface area (Å²) in [6.45, 7) is 16.9. The first kappa shape index (κ1) is 56.7. The van der Waals surface area contributed by atoms with E-state index in [-0.39, 0.29) is 52.3 Å². The molecule has 0 spiro atoms. The number of benzene rings is 5. The third kappa shape index (κ3) is 12.2. The largest absolute Gasteiger partial charge is 0.502 e. The van der Waals surface area contributed by atoms with Crippen LogP contribution < -0.4 is 4.74 Å². The second-order valence-corrected chi connectivity index (χ2v) is 27.6. The number of hydrogen-bond donors (Lipinski definition) is 1. The van der Waals surface area contributed by atoms with Gasteiger partial charge in [-0.05, 0) is 88.8 Å². The van der Waals surface area contributed by atoms with Crippen LogP contribution in [0.25, 0.3) is 10.4 Å². The predicted molar refractivity (Wildman–Crippen MR) is 291 cm³/mol. The van der Waals surface area contributed by atoms with Gasteiger partial charge in [-0.1, -0.05) is 181 Å². The molecule has 0 amide bonds. The summed E-state index contributed by atoms with van der Waals surface area (Å²) in [7, 11) is -5.82. The number of carbonyl (C=O) groups excluding carboxylic acids is 1. The molecule has 0 aromatic heterocycles. The quantitative estimate of drug-likeness (QED) is 0.00639. The lowest BCUT2D eigenvalue weighted by Crippen LogP contribution is -2.53. The van der Waals surface area contributed by atoms with Crippen LogP contribution in [0, 0.1) is 16.0 Å². The smallest absolute Gasteiger partial charge is 0.318 e. The maximum atomic E-state index is 14.8. The summed E-state index contributed by atoms with van der Waals surface area (Å²) in [5.74, 6) is -2.02. The van der Waals surface area contributed by atoms with Crippen molar-refractivity contribution < 1.29 is 41.9 Å². The second-order valence-electron chi connectivity index (χ2n) is 20.0. The lowest BCUT2D eigenvalue weighted by molar-refractivity contribution is -0.386. The number of azide groups is 1. The van der Waals surface area contributed by atoms with Crippen LogP contribution in [0.2, 0.25) is 16.6 Å². The SMILES string of the molecule is COc1cc(C(C/C=C(/C)[C@H](O[Si](C(C)C)(C(C)C)C(C)C)[C@@H](C)[C@H](C/C=C/COC(c2ccccc2)(c2ccccc2)c2ccccc2)OC(=O)C2(N=[N+]=[N-])CC2)S(=O)(=O)c2ccccc2)c(O)c([N+](=O)[O-])c1. The molecule has 74 heavy (non-hydrogen) atoms. The first-order chi connectivity index (χ1) is 35.3. The minimum absolute atomic E-state index is 0.00181. The number of aromatic hydroxyl groups is 1. The number of carbonyl (C=O) groups is 1. The van der Waals surface area contributed by atoms with Crippen LogP contribution in [0.5, 0.6) is 11.5 Å². The lowest BCUT2D eigenvalue weighted by Gasteiger charge is -2.47. The van der Waals surface area contributed by atoms with Crippen molar-refractivity contribution in [2.45, 2.75) is 131 Å². The van der Waals surface area contributed by atoms with Crippen LogP contribution in [-0.4, -0.2) is 64.2 Å². The number of phenolic OH excluding ortho intramolecular Hbond substituents is 1. The molecule has 14 nitrogen and oxygen atoms in total. The van der Waals surface area contributed by atoms with E-state index >= 15 is 0 Å². The number of nitro groups is 1. The first-order valence-electron chi connectivity index (χ1n) is 25.2. The number of esters is 1. The van der Waals surface area contributed by atoms with Gasteiger partial charge in [0.2, 0.25) is 8.32 Å². The van der Waals surface area contributed by atoms with Crippen LogP contribution in [0.4, 0.5) is 5.69 Å². The number of allylic oxidation sites excluding steroid dienone is 1. The van der Waals surface area contributed by atoms with Crippen LogP contribution in [0.3, 0.4) is 0 Å².